The SMILES string of the molecule is CCCc1nc(-c2ccsc2)nc2c1CNC2. The number of thiophene rings is 1. The van der Waals surface area contributed by atoms with Gasteiger partial charge < -0.3 is 5.32 Å². The van der Waals surface area contributed by atoms with Crippen molar-refractivity contribution < 1.29 is 0 Å². The molecule has 0 radical (unpaired) electrons. The molecule has 0 aliphatic carbocycles. The first-order valence-electron chi connectivity index (χ1n) is 6.00. The number of hydrogen-bond acceptors (Lipinski definition) is 4. The standard InChI is InChI=1S/C13H15N3S/c1-2-3-11-10-6-14-7-12(10)16-13(15-11)9-4-5-17-8-9/h4-5,8,14H,2-3,6-7H2,1H3. The van der Waals surface area contributed by atoms with Crippen molar-refractivity contribution in [1.82, 2.24) is 15.3 Å². The van der Waals surface area contributed by atoms with Crippen LogP contribution in [0.2, 0.25) is 0 Å². The van der Waals surface area contributed by atoms with Crippen LogP contribution in [-0.4, -0.2) is 9.97 Å². The summed E-state index contributed by atoms with van der Waals surface area (Å²) in [6.07, 6.45) is 2.18. The van der Waals surface area contributed by atoms with Crippen LogP contribution in [-0.2, 0) is 19.5 Å². The third-order valence-corrected chi connectivity index (χ3v) is 3.72. The summed E-state index contributed by atoms with van der Waals surface area (Å²) in [6.45, 7) is 4.00. The van der Waals surface area contributed by atoms with Gasteiger partial charge in [-0.15, -0.1) is 0 Å². The number of fused-ring (bicyclic) bond motifs is 1. The number of nitrogens with zero attached hydrogens (tertiary/aromatic N) is 2. The maximum Gasteiger partial charge on any atom is 0.160 e. The van der Waals surface area contributed by atoms with E-state index >= 15 is 0 Å². The molecule has 0 amide bonds. The van der Waals surface area contributed by atoms with Crippen LogP contribution in [0.15, 0.2) is 16.8 Å². The largest absolute Gasteiger partial charge is 0.307 e. The lowest BCUT2D eigenvalue weighted by molar-refractivity contribution is 0.753. The molecule has 1 aliphatic heterocycles. The molecule has 0 spiro atoms. The molecule has 0 fully saturated rings. The second-order valence-electron chi connectivity index (χ2n) is 4.28. The Morgan fingerprint density at radius 3 is 3.06 bits per heavy atom. The van der Waals surface area contributed by atoms with E-state index in [2.05, 4.69) is 34.1 Å². The van der Waals surface area contributed by atoms with E-state index in [0.717, 1.165) is 37.3 Å². The molecule has 2 aromatic heterocycles. The van der Waals surface area contributed by atoms with Crippen LogP contribution in [0.3, 0.4) is 0 Å². The molecule has 3 rings (SSSR count). The van der Waals surface area contributed by atoms with Crippen molar-refractivity contribution in [3.63, 3.8) is 0 Å². The van der Waals surface area contributed by atoms with E-state index in [9.17, 15) is 0 Å². The predicted molar refractivity (Wildman–Crippen MR) is 69.9 cm³/mol. The van der Waals surface area contributed by atoms with Gasteiger partial charge >= 0.3 is 0 Å². The summed E-state index contributed by atoms with van der Waals surface area (Å²) in [4.78, 5) is 9.40. The van der Waals surface area contributed by atoms with E-state index in [0.29, 0.717) is 0 Å². The van der Waals surface area contributed by atoms with Gasteiger partial charge in [0.05, 0.1) is 5.69 Å². The molecular weight excluding hydrogens is 230 g/mol. The average Bonchev–Trinajstić information content (AvgIpc) is 3.00. The van der Waals surface area contributed by atoms with Crippen LogP contribution in [0, 0.1) is 0 Å². The third-order valence-electron chi connectivity index (χ3n) is 3.04. The highest BCUT2D eigenvalue weighted by molar-refractivity contribution is 7.08. The number of aromatic nitrogens is 2. The van der Waals surface area contributed by atoms with E-state index < -0.39 is 0 Å². The zero-order valence-corrected chi connectivity index (χ0v) is 10.7. The number of aryl methyl sites for hydroxylation is 1. The lowest BCUT2D eigenvalue weighted by Gasteiger charge is -2.07. The summed E-state index contributed by atoms with van der Waals surface area (Å²) < 4.78 is 0. The van der Waals surface area contributed by atoms with E-state index in [4.69, 9.17) is 4.98 Å². The monoisotopic (exact) mass is 245 g/mol. The molecule has 0 atom stereocenters. The molecule has 2 aromatic rings. The Kier molecular flexibility index (Phi) is 2.91. The summed E-state index contributed by atoms with van der Waals surface area (Å²) in [5, 5.41) is 7.54. The van der Waals surface area contributed by atoms with Gasteiger partial charge in [-0.05, 0) is 17.9 Å². The van der Waals surface area contributed by atoms with Gasteiger partial charge in [0.1, 0.15) is 0 Å². The van der Waals surface area contributed by atoms with Crippen molar-refractivity contribution >= 4 is 11.3 Å². The molecule has 3 heterocycles. The van der Waals surface area contributed by atoms with Gasteiger partial charge in [-0.3, -0.25) is 0 Å². The molecular formula is C13H15N3S. The molecule has 0 unspecified atom stereocenters. The highest BCUT2D eigenvalue weighted by Gasteiger charge is 2.18. The van der Waals surface area contributed by atoms with Gasteiger partial charge in [0.15, 0.2) is 5.82 Å². The first-order chi connectivity index (χ1) is 8.38. The van der Waals surface area contributed by atoms with Crippen molar-refractivity contribution in [2.24, 2.45) is 0 Å². The quantitative estimate of drug-likeness (QED) is 0.903. The molecule has 3 nitrogen and oxygen atoms in total. The Hall–Kier alpha value is -1.26. The fraction of sp³-hybridized carbons (Fsp3) is 0.385. The van der Waals surface area contributed by atoms with Gasteiger partial charge in [-0.1, -0.05) is 13.3 Å². The molecule has 0 bridgehead atoms. The van der Waals surface area contributed by atoms with Gasteiger partial charge in [0.25, 0.3) is 0 Å². The van der Waals surface area contributed by atoms with E-state index in [1.165, 1.54) is 17.0 Å². The second-order valence-corrected chi connectivity index (χ2v) is 5.06. The maximum atomic E-state index is 4.73. The fourth-order valence-corrected chi connectivity index (χ4v) is 2.84. The normalized spacial score (nSPS) is 13.9. The van der Waals surface area contributed by atoms with Crippen molar-refractivity contribution in [1.29, 1.82) is 0 Å². The third kappa shape index (κ3) is 1.98. The first-order valence-corrected chi connectivity index (χ1v) is 6.94. The van der Waals surface area contributed by atoms with Crippen LogP contribution in [0.1, 0.15) is 30.3 Å². The van der Waals surface area contributed by atoms with Crippen LogP contribution in [0.25, 0.3) is 11.4 Å². The van der Waals surface area contributed by atoms with Crippen molar-refractivity contribution in [2.75, 3.05) is 0 Å². The molecule has 1 aliphatic rings. The molecule has 0 saturated carbocycles. The highest BCUT2D eigenvalue weighted by atomic mass is 32.1. The summed E-state index contributed by atoms with van der Waals surface area (Å²) in [7, 11) is 0. The Morgan fingerprint density at radius 2 is 2.29 bits per heavy atom. The van der Waals surface area contributed by atoms with Gasteiger partial charge in [0, 0.05) is 35.3 Å². The van der Waals surface area contributed by atoms with Crippen LogP contribution in [0.5, 0.6) is 0 Å². The van der Waals surface area contributed by atoms with Crippen molar-refractivity contribution in [3.8, 4) is 11.4 Å². The highest BCUT2D eigenvalue weighted by Crippen LogP contribution is 2.24. The fourth-order valence-electron chi connectivity index (χ4n) is 2.20. The Morgan fingerprint density at radius 1 is 1.35 bits per heavy atom. The van der Waals surface area contributed by atoms with E-state index in [-0.39, 0.29) is 0 Å². The van der Waals surface area contributed by atoms with Crippen molar-refractivity contribution in [3.05, 3.63) is 33.8 Å². The Bertz CT molecular complexity index is 520. The van der Waals surface area contributed by atoms with Crippen LogP contribution in [0.4, 0.5) is 0 Å². The summed E-state index contributed by atoms with van der Waals surface area (Å²) in [5.41, 5.74) is 4.88. The predicted octanol–water partition coefficient (Wildman–Crippen LogP) is 2.76. The minimum absolute atomic E-state index is 0.881. The average molecular weight is 245 g/mol. The zero-order chi connectivity index (χ0) is 11.7. The van der Waals surface area contributed by atoms with Crippen LogP contribution < -0.4 is 5.32 Å². The van der Waals surface area contributed by atoms with Gasteiger partial charge in [-0.2, -0.15) is 11.3 Å². The summed E-state index contributed by atoms with van der Waals surface area (Å²) in [5.74, 6) is 0.886. The van der Waals surface area contributed by atoms with E-state index in [1.807, 2.05) is 0 Å². The molecule has 0 aromatic carbocycles. The summed E-state index contributed by atoms with van der Waals surface area (Å²) in [6, 6.07) is 2.09. The minimum atomic E-state index is 0.881. The Labute approximate surface area is 105 Å². The van der Waals surface area contributed by atoms with Gasteiger partial charge in [-0.25, -0.2) is 9.97 Å². The zero-order valence-electron chi connectivity index (χ0n) is 9.86. The molecule has 88 valence electrons. The van der Waals surface area contributed by atoms with Crippen molar-refractivity contribution in [2.45, 2.75) is 32.9 Å². The summed E-state index contributed by atoms with van der Waals surface area (Å²) >= 11 is 1.69. The maximum absolute atomic E-state index is 4.73. The smallest absolute Gasteiger partial charge is 0.160 e. The number of rotatable bonds is 3. The van der Waals surface area contributed by atoms with Crippen LogP contribution >= 0.6 is 11.3 Å². The number of nitrogens with one attached hydrogen (secondary N) is 1. The Balaban J connectivity index is 2.09. The molecule has 4 heteroatoms. The lowest BCUT2D eigenvalue weighted by Crippen LogP contribution is -2.03. The number of hydrogen-bond donors (Lipinski definition) is 1. The van der Waals surface area contributed by atoms with Gasteiger partial charge in [0.2, 0.25) is 0 Å². The van der Waals surface area contributed by atoms with E-state index in [1.54, 1.807) is 11.3 Å². The molecule has 1 N–H and O–H groups in total. The topological polar surface area (TPSA) is 37.8 Å². The lowest BCUT2D eigenvalue weighted by atomic mass is 10.1. The first kappa shape index (κ1) is 10.9. The second kappa shape index (κ2) is 4.55. The molecule has 0 saturated heterocycles. The molecule has 17 heavy (non-hydrogen) atoms. The minimum Gasteiger partial charge on any atom is -0.307 e.